The van der Waals surface area contributed by atoms with E-state index in [0.29, 0.717) is 11.4 Å². The second kappa shape index (κ2) is 10.2. The smallest absolute Gasteiger partial charge is 0.306 e. The topological polar surface area (TPSA) is 57.5 Å². The molecule has 2 unspecified atom stereocenters. The predicted octanol–water partition coefficient (Wildman–Crippen LogP) is 6.15. The van der Waals surface area contributed by atoms with Crippen LogP contribution in [0.2, 0.25) is 5.02 Å². The third-order valence-electron chi connectivity index (χ3n) is 5.19. The Morgan fingerprint density at radius 2 is 1.45 bits per heavy atom. The van der Waals surface area contributed by atoms with E-state index in [1.165, 1.54) is 5.56 Å². The fraction of sp³-hybridized carbons (Fsp3) is 0.240. The Bertz CT molecular complexity index is 905. The molecule has 0 aromatic heterocycles. The number of benzene rings is 3. The van der Waals surface area contributed by atoms with Crippen LogP contribution in [0, 0.1) is 5.92 Å². The summed E-state index contributed by atoms with van der Waals surface area (Å²) in [5.74, 6) is -1.42. The summed E-state index contributed by atoms with van der Waals surface area (Å²) in [6, 6.07) is 25.2. The number of aliphatic hydroxyl groups excluding tert-OH is 1. The SMILES string of the molecule is O=C(O)C(CCCc1ccccc1)CC(O)c1ccc(-c2ccc(Cl)cc2)cc1. The normalized spacial score (nSPS) is 13.0. The maximum atomic E-state index is 11.7. The van der Waals surface area contributed by atoms with E-state index in [1.807, 2.05) is 78.9 Å². The van der Waals surface area contributed by atoms with Crippen molar-refractivity contribution in [3.63, 3.8) is 0 Å². The van der Waals surface area contributed by atoms with Crippen molar-refractivity contribution in [2.45, 2.75) is 31.8 Å². The van der Waals surface area contributed by atoms with Crippen molar-refractivity contribution in [2.24, 2.45) is 5.92 Å². The minimum atomic E-state index is -0.852. The van der Waals surface area contributed by atoms with Gasteiger partial charge in [-0.05, 0) is 60.1 Å². The first-order valence-electron chi connectivity index (χ1n) is 9.83. The zero-order valence-electron chi connectivity index (χ0n) is 16.2. The number of aliphatic hydroxyl groups is 1. The lowest BCUT2D eigenvalue weighted by molar-refractivity contribution is -0.143. The highest BCUT2D eigenvalue weighted by Gasteiger charge is 2.22. The van der Waals surface area contributed by atoms with E-state index in [9.17, 15) is 15.0 Å². The van der Waals surface area contributed by atoms with Gasteiger partial charge in [0.2, 0.25) is 0 Å². The Kier molecular flexibility index (Phi) is 7.45. The molecule has 3 nitrogen and oxygen atoms in total. The van der Waals surface area contributed by atoms with Crippen LogP contribution in [0.1, 0.15) is 36.5 Å². The molecular formula is C25H25ClO3. The van der Waals surface area contributed by atoms with Gasteiger partial charge in [-0.25, -0.2) is 0 Å². The Morgan fingerprint density at radius 1 is 0.862 bits per heavy atom. The summed E-state index contributed by atoms with van der Waals surface area (Å²) in [5, 5.41) is 20.8. The van der Waals surface area contributed by atoms with Gasteiger partial charge < -0.3 is 10.2 Å². The summed E-state index contributed by atoms with van der Waals surface area (Å²) in [7, 11) is 0. The van der Waals surface area contributed by atoms with Gasteiger partial charge in [-0.15, -0.1) is 0 Å². The molecule has 150 valence electrons. The number of halogens is 1. The fourth-order valence-corrected chi connectivity index (χ4v) is 3.61. The summed E-state index contributed by atoms with van der Waals surface area (Å²) >= 11 is 5.93. The Labute approximate surface area is 176 Å². The molecule has 0 heterocycles. The minimum Gasteiger partial charge on any atom is -0.481 e. The van der Waals surface area contributed by atoms with Crippen molar-refractivity contribution >= 4 is 17.6 Å². The molecule has 0 aliphatic heterocycles. The molecule has 0 saturated heterocycles. The lowest BCUT2D eigenvalue weighted by Gasteiger charge is -2.17. The molecule has 29 heavy (non-hydrogen) atoms. The van der Waals surface area contributed by atoms with Crippen molar-refractivity contribution in [1.29, 1.82) is 0 Å². The molecule has 4 heteroatoms. The summed E-state index contributed by atoms with van der Waals surface area (Å²) in [4.78, 5) is 11.7. The Morgan fingerprint density at radius 3 is 2.03 bits per heavy atom. The summed E-state index contributed by atoms with van der Waals surface area (Å²) in [5.41, 5.74) is 4.00. The molecule has 2 atom stereocenters. The number of carboxylic acid groups (broad SMARTS) is 1. The Hall–Kier alpha value is -2.62. The fourth-order valence-electron chi connectivity index (χ4n) is 3.49. The molecule has 0 fully saturated rings. The number of hydrogen-bond donors (Lipinski definition) is 2. The summed E-state index contributed by atoms with van der Waals surface area (Å²) in [6.07, 6.45) is 1.58. The molecular weight excluding hydrogens is 384 g/mol. The van der Waals surface area contributed by atoms with Crippen molar-refractivity contribution in [3.8, 4) is 11.1 Å². The summed E-state index contributed by atoms with van der Waals surface area (Å²) < 4.78 is 0. The van der Waals surface area contributed by atoms with Crippen LogP contribution >= 0.6 is 11.6 Å². The standard InChI is InChI=1S/C25H25ClO3/c26-23-15-13-20(14-16-23)19-9-11-21(12-10-19)24(27)17-22(25(28)29)8-4-7-18-5-2-1-3-6-18/h1-3,5-6,9-16,22,24,27H,4,7-8,17H2,(H,28,29). The third-order valence-corrected chi connectivity index (χ3v) is 5.44. The van der Waals surface area contributed by atoms with Crippen LogP contribution in [0.3, 0.4) is 0 Å². The first-order chi connectivity index (χ1) is 14.0. The quantitative estimate of drug-likeness (QED) is 0.446. The summed E-state index contributed by atoms with van der Waals surface area (Å²) in [6.45, 7) is 0. The van der Waals surface area contributed by atoms with Gasteiger partial charge in [0.15, 0.2) is 0 Å². The third kappa shape index (κ3) is 6.18. The number of aryl methyl sites for hydroxylation is 1. The van der Waals surface area contributed by atoms with Crippen molar-refractivity contribution in [2.75, 3.05) is 0 Å². The van der Waals surface area contributed by atoms with Crippen LogP contribution in [0.4, 0.5) is 0 Å². The molecule has 0 aliphatic rings. The van der Waals surface area contributed by atoms with Crippen LogP contribution < -0.4 is 0 Å². The molecule has 0 aliphatic carbocycles. The van der Waals surface area contributed by atoms with E-state index >= 15 is 0 Å². The van der Waals surface area contributed by atoms with E-state index in [2.05, 4.69) is 0 Å². The molecule has 3 rings (SSSR count). The zero-order chi connectivity index (χ0) is 20.6. The average molecular weight is 409 g/mol. The van der Waals surface area contributed by atoms with Crippen LogP contribution in [0.15, 0.2) is 78.9 Å². The maximum absolute atomic E-state index is 11.7. The number of carbonyl (C=O) groups is 1. The van der Waals surface area contributed by atoms with Gasteiger partial charge in [-0.3, -0.25) is 4.79 Å². The van der Waals surface area contributed by atoms with Gasteiger partial charge in [0, 0.05) is 5.02 Å². The van der Waals surface area contributed by atoms with Gasteiger partial charge in [-0.1, -0.05) is 78.3 Å². The number of carboxylic acids is 1. The van der Waals surface area contributed by atoms with Gasteiger partial charge in [0.25, 0.3) is 0 Å². The lowest BCUT2D eigenvalue weighted by atomic mass is 9.91. The molecule has 2 N–H and O–H groups in total. The predicted molar refractivity (Wildman–Crippen MR) is 117 cm³/mol. The van der Waals surface area contributed by atoms with Gasteiger partial charge in [-0.2, -0.15) is 0 Å². The molecule has 0 spiro atoms. The zero-order valence-corrected chi connectivity index (χ0v) is 16.9. The van der Waals surface area contributed by atoms with E-state index in [-0.39, 0.29) is 6.42 Å². The highest BCUT2D eigenvalue weighted by atomic mass is 35.5. The second-order valence-electron chi connectivity index (χ2n) is 7.29. The van der Waals surface area contributed by atoms with Gasteiger partial charge in [0.1, 0.15) is 0 Å². The van der Waals surface area contributed by atoms with E-state index in [1.54, 1.807) is 0 Å². The monoisotopic (exact) mass is 408 g/mol. The highest BCUT2D eigenvalue weighted by Crippen LogP contribution is 2.28. The maximum Gasteiger partial charge on any atom is 0.306 e. The van der Waals surface area contributed by atoms with Crippen molar-refractivity contribution in [1.82, 2.24) is 0 Å². The lowest BCUT2D eigenvalue weighted by Crippen LogP contribution is -2.17. The van der Waals surface area contributed by atoms with Gasteiger partial charge in [0.05, 0.1) is 12.0 Å². The molecule has 0 amide bonds. The average Bonchev–Trinajstić information content (AvgIpc) is 2.74. The van der Waals surface area contributed by atoms with Crippen molar-refractivity contribution < 1.29 is 15.0 Å². The number of hydrogen-bond acceptors (Lipinski definition) is 2. The first kappa shape index (κ1) is 21.1. The number of rotatable bonds is 9. The van der Waals surface area contributed by atoms with Crippen LogP contribution in [0.25, 0.3) is 11.1 Å². The largest absolute Gasteiger partial charge is 0.481 e. The second-order valence-corrected chi connectivity index (χ2v) is 7.73. The van der Waals surface area contributed by atoms with Crippen LogP contribution in [-0.4, -0.2) is 16.2 Å². The molecule has 0 bridgehead atoms. The van der Waals surface area contributed by atoms with E-state index < -0.39 is 18.0 Å². The first-order valence-corrected chi connectivity index (χ1v) is 10.2. The minimum absolute atomic E-state index is 0.213. The Balaban J connectivity index is 1.58. The molecule has 0 saturated carbocycles. The molecule has 0 radical (unpaired) electrons. The molecule has 3 aromatic carbocycles. The highest BCUT2D eigenvalue weighted by molar-refractivity contribution is 6.30. The van der Waals surface area contributed by atoms with Crippen LogP contribution in [0.5, 0.6) is 0 Å². The van der Waals surface area contributed by atoms with E-state index in [4.69, 9.17) is 11.6 Å². The van der Waals surface area contributed by atoms with Gasteiger partial charge >= 0.3 is 5.97 Å². The van der Waals surface area contributed by atoms with Crippen molar-refractivity contribution in [3.05, 3.63) is 95.0 Å². The van der Waals surface area contributed by atoms with E-state index in [0.717, 1.165) is 29.5 Å². The van der Waals surface area contributed by atoms with Crippen LogP contribution in [-0.2, 0) is 11.2 Å². The number of aliphatic carboxylic acids is 1. The molecule has 3 aromatic rings.